The second-order valence-electron chi connectivity index (χ2n) is 6.25. The standard InChI is InChI=1S/C14H13Cl3N4O5/c1-13(2)10(22)9(21(12(18)24)11(23)14(15,16)17)5-3-6-7(20-26-19-6)4-8(5)25-13/h3-4,9-10,22H,1-2H3,(H2,18,24). The van der Waals surface area contributed by atoms with Crippen molar-refractivity contribution in [1.82, 2.24) is 15.2 Å². The maximum Gasteiger partial charge on any atom is 0.322 e. The predicted octanol–water partition coefficient (Wildman–Crippen LogP) is 2.07. The maximum atomic E-state index is 12.5. The first-order valence-corrected chi connectivity index (χ1v) is 8.40. The molecular weight excluding hydrogens is 411 g/mol. The minimum Gasteiger partial charge on any atom is -0.485 e. The molecular formula is C14H13Cl3N4O5. The molecule has 12 heteroatoms. The molecule has 26 heavy (non-hydrogen) atoms. The molecule has 2 unspecified atom stereocenters. The van der Waals surface area contributed by atoms with Crippen LogP contribution in [0.3, 0.4) is 0 Å². The summed E-state index contributed by atoms with van der Waals surface area (Å²) < 4.78 is 7.98. The number of nitrogens with two attached hydrogens (primary N) is 1. The van der Waals surface area contributed by atoms with E-state index in [1.165, 1.54) is 12.1 Å². The summed E-state index contributed by atoms with van der Waals surface area (Å²) in [4.78, 5) is 25.0. The van der Waals surface area contributed by atoms with Gasteiger partial charge in [0.25, 0.3) is 9.70 Å². The van der Waals surface area contributed by atoms with Gasteiger partial charge in [-0.3, -0.25) is 9.69 Å². The molecule has 3 rings (SSSR count). The lowest BCUT2D eigenvalue weighted by Gasteiger charge is -2.45. The molecule has 0 saturated carbocycles. The smallest absolute Gasteiger partial charge is 0.322 e. The van der Waals surface area contributed by atoms with Crippen molar-refractivity contribution in [3.05, 3.63) is 17.7 Å². The number of alkyl halides is 3. The Kier molecular flexibility index (Phi) is 4.47. The summed E-state index contributed by atoms with van der Waals surface area (Å²) in [5.41, 5.74) is 5.09. The van der Waals surface area contributed by atoms with Gasteiger partial charge < -0.3 is 15.6 Å². The second kappa shape index (κ2) is 6.12. The van der Waals surface area contributed by atoms with Crippen molar-refractivity contribution < 1.29 is 24.1 Å². The number of carbonyl (C=O) groups excluding carboxylic acids is 2. The van der Waals surface area contributed by atoms with Gasteiger partial charge in [0.1, 0.15) is 34.5 Å². The number of hydrogen-bond acceptors (Lipinski definition) is 7. The number of aliphatic hydroxyl groups excluding tert-OH is 1. The SMILES string of the molecule is CC1(C)Oc2cc3nonc3cc2C(N(C(N)=O)C(=O)C(Cl)(Cl)Cl)C1O. The fraction of sp³-hybridized carbons (Fsp3) is 0.429. The molecule has 3 N–H and O–H groups in total. The van der Waals surface area contributed by atoms with Crippen LogP contribution in [-0.2, 0) is 4.79 Å². The van der Waals surface area contributed by atoms with E-state index in [0.717, 1.165) is 0 Å². The summed E-state index contributed by atoms with van der Waals surface area (Å²) in [7, 11) is 0. The van der Waals surface area contributed by atoms with Gasteiger partial charge in [0.2, 0.25) is 0 Å². The molecule has 0 aliphatic carbocycles. The fourth-order valence-corrected chi connectivity index (χ4v) is 3.10. The van der Waals surface area contributed by atoms with Gasteiger partial charge in [-0.15, -0.1) is 0 Å². The average molecular weight is 424 g/mol. The number of rotatable bonds is 1. The van der Waals surface area contributed by atoms with Crippen LogP contribution < -0.4 is 10.5 Å². The third-order valence-electron chi connectivity index (χ3n) is 4.07. The van der Waals surface area contributed by atoms with Gasteiger partial charge in [0.05, 0.1) is 0 Å². The fourth-order valence-electron chi connectivity index (χ4n) is 2.82. The zero-order valence-electron chi connectivity index (χ0n) is 13.4. The number of ether oxygens (including phenoxy) is 1. The largest absolute Gasteiger partial charge is 0.485 e. The lowest BCUT2D eigenvalue weighted by molar-refractivity contribution is -0.137. The number of aromatic nitrogens is 2. The van der Waals surface area contributed by atoms with Crippen LogP contribution in [0.5, 0.6) is 5.75 Å². The second-order valence-corrected chi connectivity index (χ2v) is 8.53. The van der Waals surface area contributed by atoms with E-state index in [1.54, 1.807) is 13.8 Å². The van der Waals surface area contributed by atoms with Crippen molar-refractivity contribution in [3.8, 4) is 5.75 Å². The monoisotopic (exact) mass is 422 g/mol. The van der Waals surface area contributed by atoms with Crippen molar-refractivity contribution in [2.75, 3.05) is 0 Å². The van der Waals surface area contributed by atoms with Crippen molar-refractivity contribution in [1.29, 1.82) is 0 Å². The van der Waals surface area contributed by atoms with Crippen molar-refractivity contribution in [3.63, 3.8) is 0 Å². The van der Waals surface area contributed by atoms with E-state index in [2.05, 4.69) is 14.9 Å². The Hall–Kier alpha value is -1.81. The lowest BCUT2D eigenvalue weighted by Crippen LogP contribution is -2.58. The Morgan fingerprint density at radius 3 is 2.38 bits per heavy atom. The summed E-state index contributed by atoms with van der Waals surface area (Å²) in [6.07, 6.45) is -1.38. The number of aliphatic hydroxyl groups is 1. The molecule has 2 heterocycles. The highest BCUT2D eigenvalue weighted by Gasteiger charge is 2.51. The predicted molar refractivity (Wildman–Crippen MR) is 92.0 cm³/mol. The Morgan fingerprint density at radius 2 is 1.85 bits per heavy atom. The number of amides is 3. The highest BCUT2D eigenvalue weighted by atomic mass is 35.6. The molecule has 0 saturated heterocycles. The molecule has 0 fully saturated rings. The molecule has 1 aliphatic heterocycles. The summed E-state index contributed by atoms with van der Waals surface area (Å²) >= 11 is 16.9. The number of primary amides is 1. The van der Waals surface area contributed by atoms with E-state index in [-0.39, 0.29) is 11.3 Å². The van der Waals surface area contributed by atoms with E-state index in [4.69, 9.17) is 45.3 Å². The molecule has 3 amide bonds. The van der Waals surface area contributed by atoms with E-state index in [9.17, 15) is 14.7 Å². The van der Waals surface area contributed by atoms with Gasteiger partial charge in [-0.2, -0.15) is 0 Å². The summed E-state index contributed by atoms with van der Waals surface area (Å²) in [6.45, 7) is 3.13. The molecule has 9 nitrogen and oxygen atoms in total. The average Bonchev–Trinajstić information content (AvgIpc) is 2.95. The minimum atomic E-state index is -2.46. The molecule has 2 aromatic rings. The number of fused-ring (bicyclic) bond motifs is 2. The van der Waals surface area contributed by atoms with Gasteiger partial charge in [-0.1, -0.05) is 34.8 Å². The first-order valence-electron chi connectivity index (χ1n) is 7.26. The number of nitrogens with zero attached hydrogens (tertiary/aromatic N) is 3. The lowest BCUT2D eigenvalue weighted by atomic mass is 9.85. The van der Waals surface area contributed by atoms with Gasteiger partial charge in [-0.05, 0) is 30.2 Å². The van der Waals surface area contributed by atoms with E-state index >= 15 is 0 Å². The van der Waals surface area contributed by atoms with Crippen LogP contribution in [0.2, 0.25) is 0 Å². The summed E-state index contributed by atoms with van der Waals surface area (Å²) in [5, 5.41) is 18.2. The van der Waals surface area contributed by atoms with Crippen LogP contribution >= 0.6 is 34.8 Å². The molecule has 0 bridgehead atoms. The van der Waals surface area contributed by atoms with Crippen LogP contribution in [0.25, 0.3) is 11.0 Å². The number of carbonyl (C=O) groups is 2. The first-order chi connectivity index (χ1) is 11.9. The summed E-state index contributed by atoms with van der Waals surface area (Å²) in [6, 6.07) is 0.468. The van der Waals surface area contributed by atoms with Crippen LogP contribution in [0.1, 0.15) is 25.5 Å². The topological polar surface area (TPSA) is 132 Å². The van der Waals surface area contributed by atoms with E-state index < -0.39 is 33.5 Å². The molecule has 0 radical (unpaired) electrons. The van der Waals surface area contributed by atoms with Gasteiger partial charge in [-0.25, -0.2) is 9.42 Å². The third kappa shape index (κ3) is 3.05. The number of hydrogen-bond donors (Lipinski definition) is 2. The van der Waals surface area contributed by atoms with Crippen LogP contribution in [0.15, 0.2) is 16.8 Å². The Balaban J connectivity index is 2.23. The Morgan fingerprint density at radius 1 is 1.27 bits per heavy atom. The zero-order chi connectivity index (χ0) is 19.4. The highest BCUT2D eigenvalue weighted by molar-refractivity contribution is 6.76. The van der Waals surface area contributed by atoms with Crippen LogP contribution in [0, 0.1) is 0 Å². The number of imide groups is 1. The molecule has 0 spiro atoms. The van der Waals surface area contributed by atoms with Crippen molar-refractivity contribution >= 4 is 57.8 Å². The minimum absolute atomic E-state index is 0.237. The molecule has 1 aliphatic rings. The number of halogens is 3. The van der Waals surface area contributed by atoms with Crippen LogP contribution in [0.4, 0.5) is 4.79 Å². The van der Waals surface area contributed by atoms with Crippen LogP contribution in [-0.4, -0.2) is 47.8 Å². The normalized spacial score (nSPS) is 21.8. The maximum absolute atomic E-state index is 12.5. The first kappa shape index (κ1) is 19.0. The Labute approximate surface area is 161 Å². The van der Waals surface area contributed by atoms with Gasteiger partial charge in [0, 0.05) is 11.6 Å². The Bertz CT molecular complexity index is 894. The number of benzene rings is 1. The van der Waals surface area contributed by atoms with E-state index in [1.807, 2.05) is 0 Å². The molecule has 1 aromatic heterocycles. The van der Waals surface area contributed by atoms with Crippen molar-refractivity contribution in [2.24, 2.45) is 5.73 Å². The number of urea groups is 1. The summed E-state index contributed by atoms with van der Waals surface area (Å²) in [5.74, 6) is -0.960. The van der Waals surface area contributed by atoms with E-state index in [0.29, 0.717) is 15.9 Å². The van der Waals surface area contributed by atoms with Gasteiger partial charge >= 0.3 is 6.03 Å². The van der Waals surface area contributed by atoms with Crippen molar-refractivity contribution in [2.45, 2.75) is 35.4 Å². The van der Waals surface area contributed by atoms with Gasteiger partial charge in [0.15, 0.2) is 0 Å². The quantitative estimate of drug-likeness (QED) is 0.671. The molecule has 1 aromatic carbocycles. The zero-order valence-corrected chi connectivity index (χ0v) is 15.7. The molecule has 2 atom stereocenters. The highest BCUT2D eigenvalue weighted by Crippen LogP contribution is 2.45. The molecule has 140 valence electrons. The third-order valence-corrected chi connectivity index (χ3v) is 4.55.